The minimum Gasteiger partial charge on any atom is -0.489 e. The number of hydrazine groups is 1. The number of amides is 3. The summed E-state index contributed by atoms with van der Waals surface area (Å²) in [5.41, 5.74) is 7.47. The second-order valence-electron chi connectivity index (χ2n) is 7.84. The summed E-state index contributed by atoms with van der Waals surface area (Å²) in [6, 6.07) is 20.6. The number of halogens is 1. The average molecular weight is 480 g/mol. The first-order valence-electron chi connectivity index (χ1n) is 10.7. The molecule has 0 aliphatic rings. The molecular weight excluding hydrogens is 454 g/mol. The van der Waals surface area contributed by atoms with Crippen LogP contribution in [0.4, 0.5) is 0 Å². The maximum atomic E-state index is 12.3. The van der Waals surface area contributed by atoms with E-state index in [1.165, 1.54) is 0 Å². The largest absolute Gasteiger partial charge is 0.489 e. The van der Waals surface area contributed by atoms with Crippen LogP contribution in [-0.2, 0) is 11.4 Å². The molecule has 3 rings (SSSR count). The minimum absolute atomic E-state index is 0.0132. The van der Waals surface area contributed by atoms with E-state index < -0.39 is 17.9 Å². The molecule has 3 amide bonds. The summed E-state index contributed by atoms with van der Waals surface area (Å²) >= 11 is 6.02. The number of carbonyl (C=O) groups excluding carboxylic acids is 3. The van der Waals surface area contributed by atoms with Crippen LogP contribution in [0.25, 0.3) is 0 Å². The lowest BCUT2D eigenvalue weighted by Crippen LogP contribution is -2.44. The van der Waals surface area contributed by atoms with E-state index in [1.807, 2.05) is 19.1 Å². The zero-order valence-corrected chi connectivity index (χ0v) is 19.7. The fourth-order valence-corrected chi connectivity index (χ4v) is 3.22. The third-order valence-electron chi connectivity index (χ3n) is 4.97. The van der Waals surface area contributed by atoms with E-state index in [9.17, 15) is 14.4 Å². The van der Waals surface area contributed by atoms with E-state index in [4.69, 9.17) is 16.3 Å². The lowest BCUT2D eigenvalue weighted by Gasteiger charge is -2.14. The molecule has 0 spiro atoms. The molecule has 7 nitrogen and oxygen atoms in total. The van der Waals surface area contributed by atoms with Crippen molar-refractivity contribution in [2.24, 2.45) is 0 Å². The zero-order valence-electron chi connectivity index (χ0n) is 18.9. The van der Waals surface area contributed by atoms with Crippen LogP contribution in [0, 0.1) is 6.92 Å². The molecule has 0 aliphatic heterocycles. The van der Waals surface area contributed by atoms with Crippen LogP contribution in [0.2, 0.25) is 5.02 Å². The third kappa shape index (κ3) is 7.35. The van der Waals surface area contributed by atoms with Gasteiger partial charge in [0.05, 0.1) is 0 Å². The van der Waals surface area contributed by atoms with Crippen molar-refractivity contribution in [3.8, 4) is 5.75 Å². The number of carbonyl (C=O) groups is 3. The van der Waals surface area contributed by atoms with Crippen LogP contribution in [-0.4, -0.2) is 23.8 Å². The maximum absolute atomic E-state index is 12.3. The fourth-order valence-electron chi connectivity index (χ4n) is 3.10. The standard InChI is InChI=1S/C26H26ClN3O4/c1-17-14-22(12-13-23(17)27)34-16-19-8-10-21(11-9-19)26(33)30-29-24(31)15-18(2)28-25(32)20-6-4-3-5-7-20/h3-14,18H,15-16H2,1-2H3,(H,28,32)(H,29,31)(H,30,33)/t18-/m0/s1. The molecule has 0 unspecified atom stereocenters. The SMILES string of the molecule is Cc1cc(OCc2ccc(C(=O)NNC(=O)C[C@H](C)NC(=O)c3ccccc3)cc2)ccc1Cl. The molecule has 0 saturated heterocycles. The molecule has 1 atom stereocenters. The van der Waals surface area contributed by atoms with Crippen LogP contribution in [0.15, 0.2) is 72.8 Å². The summed E-state index contributed by atoms with van der Waals surface area (Å²) < 4.78 is 5.75. The number of nitrogens with one attached hydrogen (secondary N) is 3. The second kappa shape index (κ2) is 11.9. The number of benzene rings is 3. The van der Waals surface area contributed by atoms with Crippen LogP contribution in [0.5, 0.6) is 5.75 Å². The van der Waals surface area contributed by atoms with Gasteiger partial charge < -0.3 is 10.1 Å². The monoisotopic (exact) mass is 479 g/mol. The molecule has 3 N–H and O–H groups in total. The summed E-state index contributed by atoms with van der Waals surface area (Å²) in [6.07, 6.45) is 0.0132. The summed E-state index contributed by atoms with van der Waals surface area (Å²) in [6.45, 7) is 3.96. The fraction of sp³-hybridized carbons (Fsp3) is 0.192. The Morgan fingerprint density at radius 1 is 0.882 bits per heavy atom. The number of hydrogen-bond donors (Lipinski definition) is 3. The van der Waals surface area contributed by atoms with Gasteiger partial charge in [-0.2, -0.15) is 0 Å². The maximum Gasteiger partial charge on any atom is 0.269 e. The highest BCUT2D eigenvalue weighted by Gasteiger charge is 2.14. The van der Waals surface area contributed by atoms with Gasteiger partial charge in [0.25, 0.3) is 11.8 Å². The van der Waals surface area contributed by atoms with Gasteiger partial charge >= 0.3 is 0 Å². The predicted octanol–water partition coefficient (Wildman–Crippen LogP) is 4.20. The Bertz CT molecular complexity index is 1150. The molecular formula is C26H26ClN3O4. The normalized spacial score (nSPS) is 11.3. The van der Waals surface area contributed by atoms with Crippen molar-refractivity contribution in [2.45, 2.75) is 32.9 Å². The van der Waals surface area contributed by atoms with Crippen molar-refractivity contribution in [3.05, 3.63) is 100 Å². The van der Waals surface area contributed by atoms with Gasteiger partial charge in [0.15, 0.2) is 0 Å². The molecule has 0 aliphatic carbocycles. The lowest BCUT2D eigenvalue weighted by atomic mass is 10.1. The quantitative estimate of drug-likeness (QED) is 0.422. The zero-order chi connectivity index (χ0) is 24.5. The first kappa shape index (κ1) is 24.8. The Hall–Kier alpha value is -3.84. The van der Waals surface area contributed by atoms with Crippen molar-refractivity contribution in [1.29, 1.82) is 0 Å². The van der Waals surface area contributed by atoms with Gasteiger partial charge in [-0.25, -0.2) is 0 Å². The summed E-state index contributed by atoms with van der Waals surface area (Å²) in [5, 5.41) is 3.43. The number of ether oxygens (including phenoxy) is 1. The van der Waals surface area contributed by atoms with Gasteiger partial charge in [0, 0.05) is 28.6 Å². The highest BCUT2D eigenvalue weighted by molar-refractivity contribution is 6.31. The summed E-state index contributed by atoms with van der Waals surface area (Å²) in [5.74, 6) is -0.423. The van der Waals surface area contributed by atoms with Gasteiger partial charge in [-0.1, -0.05) is 41.9 Å². The van der Waals surface area contributed by atoms with E-state index in [1.54, 1.807) is 67.6 Å². The van der Waals surface area contributed by atoms with E-state index >= 15 is 0 Å². The molecule has 0 aromatic heterocycles. The molecule has 34 heavy (non-hydrogen) atoms. The molecule has 0 heterocycles. The second-order valence-corrected chi connectivity index (χ2v) is 8.25. The molecule has 0 saturated carbocycles. The molecule has 8 heteroatoms. The number of aryl methyl sites for hydroxylation is 1. The Kier molecular flexibility index (Phi) is 8.65. The Labute approximate surface area is 203 Å². The molecule has 176 valence electrons. The van der Waals surface area contributed by atoms with E-state index in [2.05, 4.69) is 16.2 Å². The molecule has 0 radical (unpaired) electrons. The number of rotatable bonds is 8. The van der Waals surface area contributed by atoms with E-state index in [-0.39, 0.29) is 12.3 Å². The highest BCUT2D eigenvalue weighted by Crippen LogP contribution is 2.21. The topological polar surface area (TPSA) is 96.5 Å². The molecule has 0 fully saturated rings. The first-order chi connectivity index (χ1) is 16.3. The Balaban J connectivity index is 1.42. The third-order valence-corrected chi connectivity index (χ3v) is 5.40. The van der Waals surface area contributed by atoms with Crippen molar-refractivity contribution < 1.29 is 19.1 Å². The van der Waals surface area contributed by atoms with Gasteiger partial charge in [0.2, 0.25) is 5.91 Å². The van der Waals surface area contributed by atoms with E-state index in [0.29, 0.717) is 28.5 Å². The Morgan fingerprint density at radius 2 is 1.56 bits per heavy atom. The van der Waals surface area contributed by atoms with Crippen LogP contribution < -0.4 is 20.9 Å². The van der Waals surface area contributed by atoms with Crippen LogP contribution >= 0.6 is 11.6 Å². The minimum atomic E-state index is -0.449. The predicted molar refractivity (Wildman–Crippen MR) is 131 cm³/mol. The van der Waals surface area contributed by atoms with Gasteiger partial charge in [0.1, 0.15) is 12.4 Å². The van der Waals surface area contributed by atoms with Crippen molar-refractivity contribution in [1.82, 2.24) is 16.2 Å². The Morgan fingerprint density at radius 3 is 2.24 bits per heavy atom. The van der Waals surface area contributed by atoms with E-state index in [0.717, 1.165) is 11.1 Å². The summed E-state index contributed by atoms with van der Waals surface area (Å²) in [7, 11) is 0. The molecule has 0 bridgehead atoms. The molecule has 3 aromatic carbocycles. The van der Waals surface area contributed by atoms with Crippen LogP contribution in [0.1, 0.15) is 45.2 Å². The number of hydrogen-bond acceptors (Lipinski definition) is 4. The average Bonchev–Trinajstić information content (AvgIpc) is 2.84. The lowest BCUT2D eigenvalue weighted by molar-refractivity contribution is -0.122. The van der Waals surface area contributed by atoms with Crippen LogP contribution in [0.3, 0.4) is 0 Å². The van der Waals surface area contributed by atoms with Crippen molar-refractivity contribution in [3.63, 3.8) is 0 Å². The van der Waals surface area contributed by atoms with Crippen molar-refractivity contribution in [2.75, 3.05) is 0 Å². The first-order valence-corrected chi connectivity index (χ1v) is 11.1. The van der Waals surface area contributed by atoms with Gasteiger partial charge in [-0.05, 0) is 67.4 Å². The van der Waals surface area contributed by atoms with Gasteiger partial charge in [-0.15, -0.1) is 0 Å². The smallest absolute Gasteiger partial charge is 0.269 e. The highest BCUT2D eigenvalue weighted by atomic mass is 35.5. The van der Waals surface area contributed by atoms with Crippen molar-refractivity contribution >= 4 is 29.3 Å². The summed E-state index contributed by atoms with van der Waals surface area (Å²) in [4.78, 5) is 36.6. The molecule has 3 aromatic rings. The van der Waals surface area contributed by atoms with Gasteiger partial charge in [-0.3, -0.25) is 25.2 Å².